The van der Waals surface area contributed by atoms with E-state index in [0.717, 1.165) is 33.6 Å². The first-order valence-electron chi connectivity index (χ1n) is 7.58. The molecule has 0 spiro atoms. The van der Waals surface area contributed by atoms with Crippen LogP contribution in [0.2, 0.25) is 0 Å². The Morgan fingerprint density at radius 1 is 1.22 bits per heavy atom. The summed E-state index contributed by atoms with van der Waals surface area (Å²) in [7, 11) is 0. The molecule has 0 N–H and O–H groups in total. The van der Waals surface area contributed by atoms with E-state index in [4.69, 9.17) is 4.74 Å². The normalized spacial score (nSPS) is 10.7. The molecule has 0 amide bonds. The summed E-state index contributed by atoms with van der Waals surface area (Å²) in [6.45, 7) is 7.69. The van der Waals surface area contributed by atoms with Gasteiger partial charge in [-0.3, -0.25) is 4.79 Å². The van der Waals surface area contributed by atoms with Crippen LogP contribution < -0.4 is 4.74 Å². The topological polar surface area (TPSA) is 31.2 Å². The van der Waals surface area contributed by atoms with Crippen molar-refractivity contribution in [1.82, 2.24) is 4.57 Å². The van der Waals surface area contributed by atoms with E-state index < -0.39 is 0 Å². The molecule has 0 aliphatic heterocycles. The highest BCUT2D eigenvalue weighted by atomic mass is 16.5. The first-order valence-corrected chi connectivity index (χ1v) is 7.58. The van der Waals surface area contributed by atoms with Gasteiger partial charge in [-0.1, -0.05) is 30.9 Å². The summed E-state index contributed by atoms with van der Waals surface area (Å²) in [4.78, 5) is 12.2. The minimum Gasteiger partial charge on any atom is -0.490 e. The van der Waals surface area contributed by atoms with Crippen molar-refractivity contribution in [1.29, 1.82) is 0 Å². The van der Waals surface area contributed by atoms with E-state index in [1.807, 2.05) is 55.5 Å². The van der Waals surface area contributed by atoms with Crippen molar-refractivity contribution >= 4 is 16.7 Å². The minimum absolute atomic E-state index is 0.0584. The molecule has 3 aromatic rings. The number of para-hydroxylation sites is 1. The molecule has 0 radical (unpaired) electrons. The zero-order valence-corrected chi connectivity index (χ0v) is 13.4. The van der Waals surface area contributed by atoms with E-state index >= 15 is 0 Å². The van der Waals surface area contributed by atoms with Gasteiger partial charge in [-0.15, -0.1) is 0 Å². The maximum Gasteiger partial charge on any atom is 0.162 e. The molecule has 0 saturated carbocycles. The lowest BCUT2D eigenvalue weighted by atomic mass is 10.1. The molecule has 0 fully saturated rings. The van der Waals surface area contributed by atoms with E-state index in [1.165, 1.54) is 0 Å². The summed E-state index contributed by atoms with van der Waals surface area (Å²) in [5.74, 6) is 0.799. The fourth-order valence-corrected chi connectivity index (χ4v) is 3.00. The molecule has 3 heteroatoms. The fraction of sp³-hybridized carbons (Fsp3) is 0.150. The smallest absolute Gasteiger partial charge is 0.162 e. The lowest BCUT2D eigenvalue weighted by Gasteiger charge is -2.08. The number of hydrogen-bond acceptors (Lipinski definition) is 2. The number of carbonyl (C=O) groups excluding carboxylic acids is 1. The number of ether oxygens (including phenoxy) is 1. The van der Waals surface area contributed by atoms with Crippen LogP contribution >= 0.6 is 0 Å². The standard InChI is InChI=1S/C20H19NO2/c1-4-12-23-17-10-11-19-18(13-17)20(15(3)22)14(2)21(19)16-8-6-5-7-9-16/h4-11,13H,1,12H2,2-3H3. The second-order valence-electron chi connectivity index (χ2n) is 5.47. The largest absolute Gasteiger partial charge is 0.490 e. The highest BCUT2D eigenvalue weighted by Gasteiger charge is 2.18. The Morgan fingerprint density at radius 2 is 1.96 bits per heavy atom. The molecule has 1 aromatic heterocycles. The zero-order chi connectivity index (χ0) is 16.4. The Kier molecular flexibility index (Phi) is 4.02. The highest BCUT2D eigenvalue weighted by molar-refractivity contribution is 6.09. The summed E-state index contributed by atoms with van der Waals surface area (Å²) < 4.78 is 7.73. The van der Waals surface area contributed by atoms with Crippen LogP contribution in [0.4, 0.5) is 0 Å². The maximum absolute atomic E-state index is 12.2. The van der Waals surface area contributed by atoms with E-state index in [9.17, 15) is 4.79 Å². The number of rotatable bonds is 5. The molecule has 3 rings (SSSR count). The van der Waals surface area contributed by atoms with E-state index in [0.29, 0.717) is 6.61 Å². The van der Waals surface area contributed by atoms with Crippen molar-refractivity contribution in [3.63, 3.8) is 0 Å². The third kappa shape index (κ3) is 2.66. The third-order valence-electron chi connectivity index (χ3n) is 3.91. The van der Waals surface area contributed by atoms with Crippen LogP contribution in [0.15, 0.2) is 61.2 Å². The molecule has 0 atom stereocenters. The van der Waals surface area contributed by atoms with Gasteiger partial charge < -0.3 is 9.30 Å². The second-order valence-corrected chi connectivity index (χ2v) is 5.47. The Bertz CT molecular complexity index is 876. The van der Waals surface area contributed by atoms with Crippen LogP contribution in [0, 0.1) is 6.92 Å². The summed E-state index contributed by atoms with van der Waals surface area (Å²) in [5, 5.41) is 0.917. The molecule has 1 heterocycles. The fourth-order valence-electron chi connectivity index (χ4n) is 3.00. The van der Waals surface area contributed by atoms with Gasteiger partial charge in [0, 0.05) is 22.3 Å². The molecule has 0 unspecified atom stereocenters. The molecule has 2 aromatic carbocycles. The number of Topliss-reactive ketones (excluding diaryl/α,β-unsaturated/α-hetero) is 1. The van der Waals surface area contributed by atoms with E-state index in [-0.39, 0.29) is 5.78 Å². The molecule has 23 heavy (non-hydrogen) atoms. The zero-order valence-electron chi connectivity index (χ0n) is 13.4. The predicted molar refractivity (Wildman–Crippen MR) is 93.7 cm³/mol. The first kappa shape index (κ1) is 15.1. The Balaban J connectivity index is 2.27. The van der Waals surface area contributed by atoms with Gasteiger partial charge in [0.2, 0.25) is 0 Å². The summed E-state index contributed by atoms with van der Waals surface area (Å²) in [6.07, 6.45) is 1.70. The summed E-state index contributed by atoms with van der Waals surface area (Å²) in [6, 6.07) is 15.9. The molecular weight excluding hydrogens is 286 g/mol. The lowest BCUT2D eigenvalue weighted by molar-refractivity contribution is 0.101. The van der Waals surface area contributed by atoms with Crippen molar-refractivity contribution in [2.24, 2.45) is 0 Å². The molecular formula is C20H19NO2. The van der Waals surface area contributed by atoms with Crippen LogP contribution in [-0.4, -0.2) is 17.0 Å². The van der Waals surface area contributed by atoms with Crippen molar-refractivity contribution < 1.29 is 9.53 Å². The molecule has 116 valence electrons. The molecule has 0 saturated heterocycles. The molecule has 0 aliphatic rings. The van der Waals surface area contributed by atoms with E-state index in [2.05, 4.69) is 11.1 Å². The highest BCUT2D eigenvalue weighted by Crippen LogP contribution is 2.32. The van der Waals surface area contributed by atoms with Crippen LogP contribution in [0.1, 0.15) is 23.0 Å². The second kappa shape index (κ2) is 6.13. The average Bonchev–Trinajstić information content (AvgIpc) is 2.85. The van der Waals surface area contributed by atoms with Gasteiger partial charge in [-0.2, -0.15) is 0 Å². The summed E-state index contributed by atoms with van der Waals surface area (Å²) in [5.41, 5.74) is 3.74. The average molecular weight is 305 g/mol. The Labute approximate surface area is 135 Å². The number of carbonyl (C=O) groups is 1. The van der Waals surface area contributed by atoms with Crippen LogP contribution in [-0.2, 0) is 0 Å². The van der Waals surface area contributed by atoms with Crippen LogP contribution in [0.25, 0.3) is 16.6 Å². The third-order valence-corrected chi connectivity index (χ3v) is 3.91. The number of nitrogens with zero attached hydrogens (tertiary/aromatic N) is 1. The van der Waals surface area contributed by atoms with Crippen LogP contribution in [0.3, 0.4) is 0 Å². The van der Waals surface area contributed by atoms with Crippen LogP contribution in [0.5, 0.6) is 5.75 Å². The monoisotopic (exact) mass is 305 g/mol. The van der Waals surface area contributed by atoms with Gasteiger partial charge in [0.25, 0.3) is 0 Å². The van der Waals surface area contributed by atoms with Gasteiger partial charge in [0.15, 0.2) is 5.78 Å². The van der Waals surface area contributed by atoms with Gasteiger partial charge in [0.05, 0.1) is 5.52 Å². The Hall–Kier alpha value is -2.81. The number of benzene rings is 2. The number of hydrogen-bond donors (Lipinski definition) is 0. The number of ketones is 1. The van der Waals surface area contributed by atoms with Crippen molar-refractivity contribution in [3.05, 3.63) is 72.4 Å². The minimum atomic E-state index is 0.0584. The molecule has 3 nitrogen and oxygen atoms in total. The molecule has 0 aliphatic carbocycles. The van der Waals surface area contributed by atoms with Crippen molar-refractivity contribution in [3.8, 4) is 11.4 Å². The first-order chi connectivity index (χ1) is 11.1. The van der Waals surface area contributed by atoms with Gasteiger partial charge in [0.1, 0.15) is 12.4 Å². The van der Waals surface area contributed by atoms with E-state index in [1.54, 1.807) is 13.0 Å². The van der Waals surface area contributed by atoms with Gasteiger partial charge in [-0.05, 0) is 44.2 Å². The summed E-state index contributed by atoms with van der Waals surface area (Å²) >= 11 is 0. The molecule has 0 bridgehead atoms. The van der Waals surface area contributed by atoms with Crippen molar-refractivity contribution in [2.75, 3.05) is 6.61 Å². The van der Waals surface area contributed by atoms with Gasteiger partial charge in [-0.25, -0.2) is 0 Å². The Morgan fingerprint density at radius 3 is 2.61 bits per heavy atom. The quantitative estimate of drug-likeness (QED) is 0.505. The lowest BCUT2D eigenvalue weighted by Crippen LogP contribution is -1.99. The number of fused-ring (bicyclic) bond motifs is 1. The number of aromatic nitrogens is 1. The van der Waals surface area contributed by atoms with Crippen molar-refractivity contribution in [2.45, 2.75) is 13.8 Å². The SMILES string of the molecule is C=CCOc1ccc2c(c1)c(C(C)=O)c(C)n2-c1ccccc1. The van der Waals surface area contributed by atoms with Gasteiger partial charge >= 0.3 is 0 Å². The predicted octanol–water partition coefficient (Wildman–Crippen LogP) is 4.71. The maximum atomic E-state index is 12.2.